The molecule has 2 aromatic rings. The van der Waals surface area contributed by atoms with E-state index in [1.165, 1.54) is 19.2 Å². The number of halogens is 5. The monoisotopic (exact) mass is 419 g/mol. The Labute approximate surface area is 162 Å². The zero-order valence-electron chi connectivity index (χ0n) is 16.0. The smallest absolute Gasteiger partial charge is 0.434 e. The summed E-state index contributed by atoms with van der Waals surface area (Å²) < 4.78 is 73.2. The Balaban J connectivity index is 2.99. The lowest BCUT2D eigenvalue weighted by Crippen LogP contribution is -2.27. The SMILES string of the molecule is COC(=O)c1c(C(F)(F)F)nc(C(F)F)c(C(=O)n2ccc(C)n2)c1CC(C)C. The number of ether oxygens (including phenoxy) is 1. The van der Waals surface area contributed by atoms with Crippen LogP contribution in [-0.4, -0.2) is 33.8 Å². The van der Waals surface area contributed by atoms with Crippen molar-refractivity contribution in [1.29, 1.82) is 0 Å². The summed E-state index contributed by atoms with van der Waals surface area (Å²) in [6.07, 6.45) is -7.80. The molecule has 6 nitrogen and oxygen atoms in total. The first-order chi connectivity index (χ1) is 13.4. The number of alkyl halides is 5. The average molecular weight is 419 g/mol. The van der Waals surface area contributed by atoms with E-state index in [0.29, 0.717) is 5.69 Å². The molecule has 0 bridgehead atoms. The Bertz CT molecular complexity index is 936. The van der Waals surface area contributed by atoms with E-state index in [4.69, 9.17) is 0 Å². The van der Waals surface area contributed by atoms with Crippen molar-refractivity contribution >= 4 is 11.9 Å². The minimum atomic E-state index is -5.22. The number of carbonyl (C=O) groups excluding carboxylic acids is 2. The van der Waals surface area contributed by atoms with E-state index in [1.54, 1.807) is 13.8 Å². The van der Waals surface area contributed by atoms with Gasteiger partial charge in [0.15, 0.2) is 5.69 Å². The van der Waals surface area contributed by atoms with Crippen molar-refractivity contribution in [2.75, 3.05) is 7.11 Å². The number of rotatable bonds is 5. The molecular formula is C18H18F5N3O3. The molecule has 0 N–H and O–H groups in total. The third-order valence-corrected chi connectivity index (χ3v) is 3.95. The van der Waals surface area contributed by atoms with Gasteiger partial charge in [0.25, 0.3) is 12.3 Å². The Hall–Kier alpha value is -2.85. The minimum absolute atomic E-state index is 0.267. The van der Waals surface area contributed by atoms with Gasteiger partial charge in [-0.3, -0.25) is 4.79 Å². The van der Waals surface area contributed by atoms with Crippen LogP contribution in [0.5, 0.6) is 0 Å². The maximum Gasteiger partial charge on any atom is 0.434 e. The maximum atomic E-state index is 13.7. The molecule has 2 aromatic heterocycles. The topological polar surface area (TPSA) is 74.1 Å². The van der Waals surface area contributed by atoms with Crippen LogP contribution in [0.2, 0.25) is 0 Å². The van der Waals surface area contributed by atoms with Crippen molar-refractivity contribution in [3.05, 3.63) is 46.0 Å². The average Bonchev–Trinajstić information content (AvgIpc) is 3.04. The molecule has 0 aliphatic rings. The number of methoxy groups -OCH3 is 1. The normalized spacial score (nSPS) is 12.0. The lowest BCUT2D eigenvalue weighted by Gasteiger charge is -2.21. The lowest BCUT2D eigenvalue weighted by molar-refractivity contribution is -0.142. The largest absolute Gasteiger partial charge is 0.465 e. The molecular weight excluding hydrogens is 401 g/mol. The molecule has 0 unspecified atom stereocenters. The van der Waals surface area contributed by atoms with Crippen LogP contribution in [-0.2, 0) is 17.3 Å². The molecule has 0 aromatic carbocycles. The molecule has 0 aliphatic heterocycles. The van der Waals surface area contributed by atoms with Crippen LogP contribution in [0.25, 0.3) is 0 Å². The van der Waals surface area contributed by atoms with Gasteiger partial charge in [0.1, 0.15) is 5.69 Å². The predicted octanol–water partition coefficient (Wildman–Crippen LogP) is 4.22. The molecule has 0 saturated carbocycles. The molecule has 158 valence electrons. The highest BCUT2D eigenvalue weighted by Gasteiger charge is 2.43. The van der Waals surface area contributed by atoms with Gasteiger partial charge in [0.2, 0.25) is 0 Å². The van der Waals surface area contributed by atoms with Crippen LogP contribution in [0.1, 0.15) is 63.6 Å². The number of aromatic nitrogens is 3. The molecule has 2 rings (SSSR count). The summed E-state index contributed by atoms with van der Waals surface area (Å²) in [6.45, 7) is 4.74. The highest BCUT2D eigenvalue weighted by molar-refractivity contribution is 6.02. The molecule has 0 aliphatic carbocycles. The molecule has 11 heteroatoms. The maximum absolute atomic E-state index is 13.7. The summed E-state index contributed by atoms with van der Waals surface area (Å²) >= 11 is 0. The van der Waals surface area contributed by atoms with Crippen LogP contribution in [0.4, 0.5) is 22.0 Å². The van der Waals surface area contributed by atoms with E-state index in [2.05, 4.69) is 14.8 Å². The van der Waals surface area contributed by atoms with Gasteiger partial charge in [-0.25, -0.2) is 23.2 Å². The van der Waals surface area contributed by atoms with Crippen LogP contribution in [0, 0.1) is 12.8 Å². The van der Waals surface area contributed by atoms with Gasteiger partial charge in [-0.1, -0.05) is 13.8 Å². The van der Waals surface area contributed by atoms with Crippen LogP contribution in [0.3, 0.4) is 0 Å². The first-order valence-corrected chi connectivity index (χ1v) is 8.45. The fraction of sp³-hybridized carbons (Fsp3) is 0.444. The van der Waals surface area contributed by atoms with Gasteiger partial charge in [0, 0.05) is 6.20 Å². The second kappa shape index (κ2) is 8.26. The van der Waals surface area contributed by atoms with E-state index in [-0.39, 0.29) is 12.3 Å². The van der Waals surface area contributed by atoms with Gasteiger partial charge in [0.05, 0.1) is 23.9 Å². The quantitative estimate of drug-likeness (QED) is 0.536. The Morgan fingerprint density at radius 2 is 1.83 bits per heavy atom. The van der Waals surface area contributed by atoms with Crippen LogP contribution >= 0.6 is 0 Å². The summed E-state index contributed by atoms with van der Waals surface area (Å²) in [5, 5.41) is 3.83. The van der Waals surface area contributed by atoms with Gasteiger partial charge in [-0.2, -0.15) is 18.3 Å². The van der Waals surface area contributed by atoms with Crippen molar-refractivity contribution in [1.82, 2.24) is 14.8 Å². The zero-order chi connectivity index (χ0) is 22.1. The molecule has 0 amide bonds. The third kappa shape index (κ3) is 4.60. The van der Waals surface area contributed by atoms with E-state index in [0.717, 1.165) is 11.8 Å². The van der Waals surface area contributed by atoms with E-state index >= 15 is 0 Å². The number of hydrogen-bond donors (Lipinski definition) is 0. The van der Waals surface area contributed by atoms with Crippen molar-refractivity contribution in [2.24, 2.45) is 5.92 Å². The lowest BCUT2D eigenvalue weighted by atomic mass is 9.90. The second-order valence-electron chi connectivity index (χ2n) is 6.67. The summed E-state index contributed by atoms with van der Waals surface area (Å²) in [5.41, 5.74) is -5.13. The molecule has 0 fully saturated rings. The summed E-state index contributed by atoms with van der Waals surface area (Å²) in [4.78, 5) is 28.1. The molecule has 0 spiro atoms. The molecule has 29 heavy (non-hydrogen) atoms. The minimum Gasteiger partial charge on any atom is -0.465 e. The molecule has 0 saturated heterocycles. The van der Waals surface area contributed by atoms with Crippen molar-refractivity contribution in [3.63, 3.8) is 0 Å². The highest BCUT2D eigenvalue weighted by atomic mass is 19.4. The van der Waals surface area contributed by atoms with Crippen molar-refractivity contribution in [2.45, 2.75) is 39.8 Å². The Morgan fingerprint density at radius 1 is 1.21 bits per heavy atom. The summed E-state index contributed by atoms with van der Waals surface area (Å²) in [5.74, 6) is -2.92. The number of nitrogens with zero attached hydrogens (tertiary/aromatic N) is 3. The molecule has 0 atom stereocenters. The first-order valence-electron chi connectivity index (χ1n) is 8.45. The third-order valence-electron chi connectivity index (χ3n) is 3.95. The highest BCUT2D eigenvalue weighted by Crippen LogP contribution is 2.38. The van der Waals surface area contributed by atoms with Gasteiger partial charge in [-0.15, -0.1) is 0 Å². The number of aryl methyl sites for hydroxylation is 1. The predicted molar refractivity (Wildman–Crippen MR) is 90.8 cm³/mol. The zero-order valence-corrected chi connectivity index (χ0v) is 16.0. The number of carbonyl (C=O) groups is 2. The Morgan fingerprint density at radius 3 is 2.24 bits per heavy atom. The van der Waals surface area contributed by atoms with Gasteiger partial charge >= 0.3 is 12.1 Å². The summed E-state index contributed by atoms with van der Waals surface area (Å²) in [7, 11) is 0.848. The summed E-state index contributed by atoms with van der Waals surface area (Å²) in [6, 6.07) is 1.42. The molecule has 2 heterocycles. The fourth-order valence-corrected chi connectivity index (χ4v) is 2.83. The van der Waals surface area contributed by atoms with E-state index in [9.17, 15) is 31.5 Å². The number of hydrogen-bond acceptors (Lipinski definition) is 5. The van der Waals surface area contributed by atoms with Gasteiger partial charge < -0.3 is 4.74 Å². The fourth-order valence-electron chi connectivity index (χ4n) is 2.83. The van der Waals surface area contributed by atoms with E-state index in [1.807, 2.05) is 0 Å². The number of esters is 1. The molecule has 0 radical (unpaired) electrons. The van der Waals surface area contributed by atoms with Crippen molar-refractivity contribution in [3.8, 4) is 0 Å². The standard InChI is InChI=1S/C18H18F5N3O3/c1-8(2)7-10-11(16(27)26-6-5-9(3)25-26)13(15(19)20)24-14(18(21,22)23)12(10)17(28)29-4/h5-6,8,15H,7H2,1-4H3. The van der Waals surface area contributed by atoms with Crippen molar-refractivity contribution < 1.29 is 36.3 Å². The number of pyridine rings is 1. The first kappa shape index (κ1) is 22.4. The van der Waals surface area contributed by atoms with E-state index < -0.39 is 52.6 Å². The Kier molecular flexibility index (Phi) is 6.39. The van der Waals surface area contributed by atoms with Crippen LogP contribution in [0.15, 0.2) is 12.3 Å². The van der Waals surface area contributed by atoms with Crippen LogP contribution < -0.4 is 0 Å². The second-order valence-corrected chi connectivity index (χ2v) is 6.67. The van der Waals surface area contributed by atoms with Gasteiger partial charge in [-0.05, 0) is 30.9 Å².